The van der Waals surface area contributed by atoms with Crippen molar-refractivity contribution >= 4 is 43.5 Å². The number of rotatable bonds is 2. The summed E-state index contributed by atoms with van der Waals surface area (Å²) in [5.74, 6) is -1.08. The number of anilines is 1. The van der Waals surface area contributed by atoms with E-state index in [0.717, 1.165) is 15.0 Å². The Hall–Kier alpha value is -1.27. The van der Waals surface area contributed by atoms with Crippen molar-refractivity contribution in [3.63, 3.8) is 0 Å². The molecule has 0 fully saturated rings. The number of hydrogen-bond acceptors (Lipinski definition) is 2. The van der Waals surface area contributed by atoms with Crippen molar-refractivity contribution < 1.29 is 9.18 Å². The normalized spacial score (nSPS) is 10.2. The van der Waals surface area contributed by atoms with E-state index in [1.54, 1.807) is 12.1 Å². The first-order valence-electron chi connectivity index (χ1n) is 4.94. The van der Waals surface area contributed by atoms with E-state index in [0.29, 0.717) is 5.69 Å². The Morgan fingerprint density at radius 1 is 1.22 bits per heavy atom. The summed E-state index contributed by atoms with van der Waals surface area (Å²) in [5.41, 5.74) is 0.820. The Kier molecular flexibility index (Phi) is 4.08. The van der Waals surface area contributed by atoms with Crippen molar-refractivity contribution in [3.05, 3.63) is 57.0 Å². The Morgan fingerprint density at radius 3 is 2.72 bits per heavy atom. The summed E-state index contributed by atoms with van der Waals surface area (Å²) in [6.07, 6.45) is 1.25. The maximum absolute atomic E-state index is 12.9. The third kappa shape index (κ3) is 3.14. The fourth-order valence-electron chi connectivity index (χ4n) is 1.33. The minimum atomic E-state index is -0.684. The van der Waals surface area contributed by atoms with Gasteiger partial charge in [-0.25, -0.2) is 4.98 Å². The number of hydrogen-bond donors (Lipinski definition) is 1. The molecule has 0 saturated heterocycles. The quantitative estimate of drug-likeness (QED) is 0.808. The summed E-state index contributed by atoms with van der Waals surface area (Å²) in [4.78, 5) is 15.3. The lowest BCUT2D eigenvalue weighted by molar-refractivity contribution is 0.102. The molecular weight excluding hydrogens is 367 g/mol. The lowest BCUT2D eigenvalue weighted by Gasteiger charge is -2.07. The van der Waals surface area contributed by atoms with Gasteiger partial charge in [-0.3, -0.25) is 4.79 Å². The molecular formula is C12H7Br2FN2O. The maximum Gasteiger partial charge on any atom is 0.255 e. The second kappa shape index (κ2) is 5.58. The first kappa shape index (κ1) is 13.2. The van der Waals surface area contributed by atoms with Gasteiger partial charge in [-0.15, -0.1) is 0 Å². The van der Waals surface area contributed by atoms with Crippen LogP contribution in [-0.4, -0.2) is 10.9 Å². The molecule has 0 aliphatic rings. The number of halogens is 3. The van der Waals surface area contributed by atoms with Crippen LogP contribution in [0.2, 0.25) is 0 Å². The molecule has 1 amide bonds. The van der Waals surface area contributed by atoms with Gasteiger partial charge in [-0.05, 0) is 40.2 Å². The van der Waals surface area contributed by atoms with Gasteiger partial charge >= 0.3 is 0 Å². The van der Waals surface area contributed by atoms with Crippen molar-refractivity contribution in [2.24, 2.45) is 0 Å². The van der Waals surface area contributed by atoms with Gasteiger partial charge in [0, 0.05) is 26.8 Å². The number of nitrogens with one attached hydrogen (secondary N) is 1. The van der Waals surface area contributed by atoms with Gasteiger partial charge in [0.2, 0.25) is 5.95 Å². The Morgan fingerprint density at radius 2 is 2.00 bits per heavy atom. The molecule has 0 atom stereocenters. The summed E-state index contributed by atoms with van der Waals surface area (Å²) in [6, 6.07) is 7.92. The predicted molar refractivity (Wildman–Crippen MR) is 74.0 cm³/mol. The first-order valence-corrected chi connectivity index (χ1v) is 6.53. The highest BCUT2D eigenvalue weighted by molar-refractivity contribution is 9.11. The number of carbonyl (C=O) groups excluding carboxylic acids is 1. The molecule has 0 aliphatic carbocycles. The molecule has 3 nitrogen and oxygen atoms in total. The van der Waals surface area contributed by atoms with Gasteiger partial charge in [0.25, 0.3) is 5.91 Å². The minimum Gasteiger partial charge on any atom is -0.321 e. The van der Waals surface area contributed by atoms with Crippen LogP contribution in [0.3, 0.4) is 0 Å². The zero-order valence-electron chi connectivity index (χ0n) is 8.95. The van der Waals surface area contributed by atoms with Crippen molar-refractivity contribution in [3.8, 4) is 0 Å². The average molecular weight is 374 g/mol. The molecule has 0 spiro atoms. The molecule has 0 unspecified atom stereocenters. The molecule has 1 aromatic carbocycles. The number of benzene rings is 1. The van der Waals surface area contributed by atoms with E-state index < -0.39 is 11.9 Å². The van der Waals surface area contributed by atoms with Gasteiger partial charge in [-0.2, -0.15) is 4.39 Å². The molecule has 1 N–H and O–H groups in total. The molecule has 0 radical (unpaired) electrons. The van der Waals surface area contributed by atoms with Crippen LogP contribution in [0.4, 0.5) is 10.1 Å². The highest BCUT2D eigenvalue weighted by atomic mass is 79.9. The van der Waals surface area contributed by atoms with Crippen LogP contribution in [0.15, 0.2) is 45.5 Å². The van der Waals surface area contributed by atoms with Crippen LogP contribution < -0.4 is 5.32 Å². The van der Waals surface area contributed by atoms with Gasteiger partial charge in [0.1, 0.15) is 0 Å². The van der Waals surface area contributed by atoms with E-state index in [1.807, 2.05) is 6.07 Å². The van der Waals surface area contributed by atoms with Crippen molar-refractivity contribution in [2.75, 3.05) is 5.32 Å². The topological polar surface area (TPSA) is 42.0 Å². The zero-order valence-corrected chi connectivity index (χ0v) is 12.1. The molecule has 1 aromatic heterocycles. The summed E-state index contributed by atoms with van der Waals surface area (Å²) in [6.45, 7) is 0. The molecule has 1 heterocycles. The largest absolute Gasteiger partial charge is 0.321 e. The molecule has 2 aromatic rings. The molecule has 0 saturated carbocycles. The Labute approximate surface area is 120 Å². The second-order valence-electron chi connectivity index (χ2n) is 3.45. The fourth-order valence-corrected chi connectivity index (χ4v) is 2.04. The number of pyridine rings is 1. The number of carbonyl (C=O) groups is 1. The second-order valence-corrected chi connectivity index (χ2v) is 5.22. The van der Waals surface area contributed by atoms with E-state index in [9.17, 15) is 9.18 Å². The van der Waals surface area contributed by atoms with Gasteiger partial charge in [0.05, 0.1) is 5.69 Å². The number of aromatic nitrogens is 1. The Balaban J connectivity index is 2.24. The third-order valence-electron chi connectivity index (χ3n) is 2.17. The standard InChI is InChI=1S/C12H7Br2FN2O/c13-8-1-2-9(14)10(6-8)17-12(18)7-3-4-16-11(15)5-7/h1-6H,(H,17,18). The first-order chi connectivity index (χ1) is 8.56. The monoisotopic (exact) mass is 372 g/mol. The van der Waals surface area contributed by atoms with E-state index in [1.165, 1.54) is 12.3 Å². The van der Waals surface area contributed by atoms with Gasteiger partial charge in [0.15, 0.2) is 0 Å². The maximum atomic E-state index is 12.9. The predicted octanol–water partition coefficient (Wildman–Crippen LogP) is 4.00. The fraction of sp³-hybridized carbons (Fsp3) is 0. The van der Waals surface area contributed by atoms with E-state index in [2.05, 4.69) is 42.2 Å². The molecule has 6 heteroatoms. The van der Waals surface area contributed by atoms with Gasteiger partial charge < -0.3 is 5.32 Å². The zero-order chi connectivity index (χ0) is 13.1. The molecule has 92 valence electrons. The number of amides is 1. The van der Waals surface area contributed by atoms with Crippen LogP contribution in [0, 0.1) is 5.95 Å². The summed E-state index contributed by atoms with van der Waals surface area (Å²) in [5, 5.41) is 2.68. The molecule has 18 heavy (non-hydrogen) atoms. The van der Waals surface area contributed by atoms with Crippen molar-refractivity contribution in [2.45, 2.75) is 0 Å². The number of nitrogens with zero attached hydrogens (tertiary/aromatic N) is 1. The van der Waals surface area contributed by atoms with Crippen LogP contribution >= 0.6 is 31.9 Å². The van der Waals surface area contributed by atoms with E-state index in [4.69, 9.17) is 0 Å². The lowest BCUT2D eigenvalue weighted by Crippen LogP contribution is -2.12. The summed E-state index contributed by atoms with van der Waals surface area (Å²) >= 11 is 6.64. The van der Waals surface area contributed by atoms with Crippen LogP contribution in [0.5, 0.6) is 0 Å². The Bertz CT molecular complexity index is 604. The molecule has 2 rings (SSSR count). The third-order valence-corrected chi connectivity index (χ3v) is 3.35. The van der Waals surface area contributed by atoms with E-state index >= 15 is 0 Å². The van der Waals surface area contributed by atoms with Gasteiger partial charge in [-0.1, -0.05) is 15.9 Å². The summed E-state index contributed by atoms with van der Waals surface area (Å²) in [7, 11) is 0. The molecule has 0 aliphatic heterocycles. The minimum absolute atomic E-state index is 0.217. The van der Waals surface area contributed by atoms with Crippen LogP contribution in [0.25, 0.3) is 0 Å². The van der Waals surface area contributed by atoms with Crippen molar-refractivity contribution in [1.82, 2.24) is 4.98 Å². The summed E-state index contributed by atoms with van der Waals surface area (Å²) < 4.78 is 14.5. The molecule has 0 bridgehead atoms. The highest BCUT2D eigenvalue weighted by Gasteiger charge is 2.09. The SMILES string of the molecule is O=C(Nc1cc(Br)ccc1Br)c1ccnc(F)c1. The highest BCUT2D eigenvalue weighted by Crippen LogP contribution is 2.26. The van der Waals surface area contributed by atoms with Crippen LogP contribution in [0.1, 0.15) is 10.4 Å². The van der Waals surface area contributed by atoms with E-state index in [-0.39, 0.29) is 5.56 Å². The van der Waals surface area contributed by atoms with Crippen molar-refractivity contribution in [1.29, 1.82) is 0 Å². The lowest BCUT2D eigenvalue weighted by atomic mass is 10.2. The van der Waals surface area contributed by atoms with Crippen LogP contribution in [-0.2, 0) is 0 Å². The smallest absolute Gasteiger partial charge is 0.255 e. The average Bonchev–Trinajstić information content (AvgIpc) is 2.34.